The van der Waals surface area contributed by atoms with E-state index in [4.69, 9.17) is 0 Å². The van der Waals surface area contributed by atoms with E-state index in [1.54, 1.807) is 0 Å². The number of hydrogen-bond donors (Lipinski definition) is 1. The Bertz CT molecular complexity index is 428. The smallest absolute Gasteiger partial charge is 0.0540 e. The fourth-order valence-electron chi connectivity index (χ4n) is 4.21. The van der Waals surface area contributed by atoms with Crippen molar-refractivity contribution in [1.29, 1.82) is 0 Å². The maximum atomic E-state index is 9.78. The first-order chi connectivity index (χ1) is 9.84. The van der Waals surface area contributed by atoms with Crippen LogP contribution in [0.5, 0.6) is 0 Å². The third-order valence-corrected chi connectivity index (χ3v) is 5.25. The summed E-state index contributed by atoms with van der Waals surface area (Å²) >= 11 is 0. The summed E-state index contributed by atoms with van der Waals surface area (Å²) in [5.74, 6) is 2.24. The zero-order chi connectivity index (χ0) is 13.8. The standard InChI is InChI=1S/C19H26O/c20-18-13-11-17(12-14-18)19(15-7-3-1-4-8-15)16-9-5-2-6-10-16/h1-5,7-8,16-20H,6,9-14H2. The van der Waals surface area contributed by atoms with Crippen molar-refractivity contribution >= 4 is 0 Å². The molecule has 0 heterocycles. The molecule has 0 bridgehead atoms. The molecule has 1 heteroatoms. The molecule has 2 atom stereocenters. The lowest BCUT2D eigenvalue weighted by atomic mass is 9.67. The molecule has 1 aromatic rings. The van der Waals surface area contributed by atoms with Crippen LogP contribution in [0.3, 0.4) is 0 Å². The van der Waals surface area contributed by atoms with E-state index in [0.29, 0.717) is 5.92 Å². The summed E-state index contributed by atoms with van der Waals surface area (Å²) < 4.78 is 0. The molecule has 2 aliphatic carbocycles. The van der Waals surface area contributed by atoms with Crippen LogP contribution >= 0.6 is 0 Å². The van der Waals surface area contributed by atoms with Gasteiger partial charge in [0.15, 0.2) is 0 Å². The predicted octanol–water partition coefficient (Wildman–Crippen LogP) is 4.68. The lowest BCUT2D eigenvalue weighted by Gasteiger charge is -2.38. The average Bonchev–Trinajstić information content (AvgIpc) is 2.52. The molecular weight excluding hydrogens is 244 g/mol. The molecule has 1 N–H and O–H groups in total. The van der Waals surface area contributed by atoms with Crippen molar-refractivity contribution in [1.82, 2.24) is 0 Å². The number of benzene rings is 1. The first-order valence-corrected chi connectivity index (χ1v) is 8.22. The SMILES string of the molecule is OC1CCC(C(c2ccccc2)C2CC=CCC2)CC1. The molecular formula is C19H26O. The van der Waals surface area contributed by atoms with Gasteiger partial charge in [0.05, 0.1) is 6.10 Å². The van der Waals surface area contributed by atoms with E-state index in [-0.39, 0.29) is 6.10 Å². The maximum absolute atomic E-state index is 9.78. The summed E-state index contributed by atoms with van der Waals surface area (Å²) in [7, 11) is 0. The highest BCUT2D eigenvalue weighted by atomic mass is 16.3. The molecule has 2 aliphatic rings. The minimum absolute atomic E-state index is 0.0473. The van der Waals surface area contributed by atoms with E-state index >= 15 is 0 Å². The molecule has 1 nitrogen and oxygen atoms in total. The lowest BCUT2D eigenvalue weighted by molar-refractivity contribution is 0.0921. The van der Waals surface area contributed by atoms with E-state index in [1.807, 2.05) is 0 Å². The van der Waals surface area contributed by atoms with Crippen LogP contribution in [0.1, 0.15) is 56.4 Å². The molecule has 0 aromatic heterocycles. The Morgan fingerprint density at radius 3 is 2.25 bits per heavy atom. The highest BCUT2D eigenvalue weighted by Gasteiger charge is 2.33. The maximum Gasteiger partial charge on any atom is 0.0540 e. The van der Waals surface area contributed by atoms with Gasteiger partial charge in [-0.2, -0.15) is 0 Å². The second-order valence-electron chi connectivity index (χ2n) is 6.55. The quantitative estimate of drug-likeness (QED) is 0.791. The number of rotatable bonds is 3. The first kappa shape index (κ1) is 13.9. The van der Waals surface area contributed by atoms with Gasteiger partial charge in [0.25, 0.3) is 0 Å². The molecule has 0 saturated heterocycles. The van der Waals surface area contributed by atoms with Crippen LogP contribution in [0.4, 0.5) is 0 Å². The zero-order valence-corrected chi connectivity index (χ0v) is 12.2. The van der Waals surface area contributed by atoms with Crippen molar-refractivity contribution in [2.24, 2.45) is 11.8 Å². The van der Waals surface area contributed by atoms with Crippen LogP contribution < -0.4 is 0 Å². The lowest BCUT2D eigenvalue weighted by Crippen LogP contribution is -2.28. The third kappa shape index (κ3) is 3.15. The van der Waals surface area contributed by atoms with Gasteiger partial charge in [-0.3, -0.25) is 0 Å². The third-order valence-electron chi connectivity index (χ3n) is 5.25. The number of allylic oxidation sites excluding steroid dienone is 2. The van der Waals surface area contributed by atoms with Crippen molar-refractivity contribution in [2.45, 2.75) is 57.0 Å². The monoisotopic (exact) mass is 270 g/mol. The van der Waals surface area contributed by atoms with Crippen molar-refractivity contribution in [3.05, 3.63) is 48.0 Å². The normalized spacial score (nSPS) is 31.9. The Morgan fingerprint density at radius 1 is 0.850 bits per heavy atom. The van der Waals surface area contributed by atoms with E-state index in [1.165, 1.54) is 37.7 Å². The Hall–Kier alpha value is -1.08. The molecule has 2 unspecified atom stereocenters. The predicted molar refractivity (Wildman–Crippen MR) is 83.6 cm³/mol. The highest BCUT2D eigenvalue weighted by molar-refractivity contribution is 5.22. The topological polar surface area (TPSA) is 20.2 Å². The van der Waals surface area contributed by atoms with Gasteiger partial charge in [-0.15, -0.1) is 0 Å². The van der Waals surface area contributed by atoms with Crippen LogP contribution in [-0.4, -0.2) is 11.2 Å². The van der Waals surface area contributed by atoms with Gasteiger partial charge in [0.1, 0.15) is 0 Å². The second kappa shape index (κ2) is 6.58. The number of aliphatic hydroxyl groups excluding tert-OH is 1. The van der Waals surface area contributed by atoms with E-state index in [2.05, 4.69) is 42.5 Å². The van der Waals surface area contributed by atoms with Crippen LogP contribution in [-0.2, 0) is 0 Å². The molecule has 3 rings (SSSR count). The summed E-state index contributed by atoms with van der Waals surface area (Å²) in [6.45, 7) is 0. The minimum Gasteiger partial charge on any atom is -0.393 e. The zero-order valence-electron chi connectivity index (χ0n) is 12.2. The summed E-state index contributed by atoms with van der Waals surface area (Å²) in [5, 5.41) is 9.78. The fraction of sp³-hybridized carbons (Fsp3) is 0.579. The summed E-state index contributed by atoms with van der Waals surface area (Å²) in [5.41, 5.74) is 1.52. The van der Waals surface area contributed by atoms with Gasteiger partial charge in [0.2, 0.25) is 0 Å². The molecule has 20 heavy (non-hydrogen) atoms. The fourth-order valence-corrected chi connectivity index (χ4v) is 4.21. The van der Waals surface area contributed by atoms with Gasteiger partial charge in [-0.05, 0) is 68.3 Å². The average molecular weight is 270 g/mol. The Kier molecular flexibility index (Phi) is 4.57. The molecule has 1 aromatic carbocycles. The van der Waals surface area contributed by atoms with Crippen LogP contribution in [0.2, 0.25) is 0 Å². The van der Waals surface area contributed by atoms with E-state index in [9.17, 15) is 5.11 Å². The van der Waals surface area contributed by atoms with Crippen molar-refractivity contribution in [3.63, 3.8) is 0 Å². The van der Waals surface area contributed by atoms with Crippen molar-refractivity contribution in [2.75, 3.05) is 0 Å². The van der Waals surface area contributed by atoms with Crippen LogP contribution in [0.25, 0.3) is 0 Å². The van der Waals surface area contributed by atoms with Crippen molar-refractivity contribution < 1.29 is 5.11 Å². The summed E-state index contributed by atoms with van der Waals surface area (Å²) in [6.07, 6.45) is 12.9. The van der Waals surface area contributed by atoms with Crippen LogP contribution in [0, 0.1) is 11.8 Å². The minimum atomic E-state index is -0.0473. The van der Waals surface area contributed by atoms with Crippen molar-refractivity contribution in [3.8, 4) is 0 Å². The summed E-state index contributed by atoms with van der Waals surface area (Å²) in [6, 6.07) is 11.1. The Balaban J connectivity index is 1.81. The molecule has 0 radical (unpaired) electrons. The summed E-state index contributed by atoms with van der Waals surface area (Å²) in [4.78, 5) is 0. The van der Waals surface area contributed by atoms with Gasteiger partial charge in [0, 0.05) is 0 Å². The molecule has 0 aliphatic heterocycles. The highest BCUT2D eigenvalue weighted by Crippen LogP contribution is 2.44. The Labute approximate surface area is 122 Å². The Morgan fingerprint density at radius 2 is 1.60 bits per heavy atom. The molecule has 0 spiro atoms. The van der Waals surface area contributed by atoms with Gasteiger partial charge in [-0.25, -0.2) is 0 Å². The molecule has 1 fully saturated rings. The number of aliphatic hydroxyl groups is 1. The second-order valence-corrected chi connectivity index (χ2v) is 6.55. The van der Waals surface area contributed by atoms with Gasteiger partial charge >= 0.3 is 0 Å². The van der Waals surface area contributed by atoms with E-state index in [0.717, 1.165) is 24.7 Å². The first-order valence-electron chi connectivity index (χ1n) is 8.22. The van der Waals surface area contributed by atoms with E-state index < -0.39 is 0 Å². The number of hydrogen-bond acceptors (Lipinski definition) is 1. The molecule has 0 amide bonds. The molecule has 1 saturated carbocycles. The van der Waals surface area contributed by atoms with Gasteiger partial charge in [-0.1, -0.05) is 42.5 Å². The van der Waals surface area contributed by atoms with Crippen LogP contribution in [0.15, 0.2) is 42.5 Å². The molecule has 108 valence electrons. The largest absolute Gasteiger partial charge is 0.393 e. The van der Waals surface area contributed by atoms with Gasteiger partial charge < -0.3 is 5.11 Å².